The van der Waals surface area contributed by atoms with E-state index in [0.29, 0.717) is 36.6 Å². The van der Waals surface area contributed by atoms with Crippen LogP contribution in [0.3, 0.4) is 0 Å². The Labute approximate surface area is 231 Å². The monoisotopic (exact) mass is 547 g/mol. The summed E-state index contributed by atoms with van der Waals surface area (Å²) in [5.74, 6) is -0.838. The molecule has 210 valence electrons. The highest BCUT2D eigenvalue weighted by molar-refractivity contribution is 6.10. The number of hydrogen-bond acceptors (Lipinski definition) is 5. The lowest BCUT2D eigenvalue weighted by Crippen LogP contribution is -2.47. The number of carbonyl (C=O) groups is 5. The standard InChI is InChI=1S/C29H33N5O6/c1-17(30-28(39)40)25(36)31-22-10-11-23-21(14-22)12-13-29(23)26(37)34(27(38)32-29)16-24(35)33(18(2)20-8-9-20)15-19-6-4-3-5-7-19/h3-7,10-11,14,17-18,20,30H,8-9,12-13,15-16H2,1-2H3,(H,31,36)(H,32,38)(H,39,40)/t17-,18+,29?/m1/s1. The molecule has 3 atom stereocenters. The Morgan fingerprint density at radius 1 is 1.12 bits per heavy atom. The van der Waals surface area contributed by atoms with Gasteiger partial charge in [0, 0.05) is 18.3 Å². The number of nitrogens with one attached hydrogen (secondary N) is 3. The average Bonchev–Trinajstić information content (AvgIpc) is 3.67. The smallest absolute Gasteiger partial charge is 0.405 e. The molecule has 11 nitrogen and oxygen atoms in total. The van der Waals surface area contributed by atoms with E-state index in [1.54, 1.807) is 23.1 Å². The zero-order valence-corrected chi connectivity index (χ0v) is 22.5. The highest BCUT2D eigenvalue weighted by Gasteiger charge is 2.56. The molecule has 5 rings (SSSR count). The molecule has 1 saturated heterocycles. The maximum absolute atomic E-state index is 13.7. The molecule has 11 heteroatoms. The predicted octanol–water partition coefficient (Wildman–Crippen LogP) is 2.80. The number of imide groups is 1. The Bertz CT molecular complexity index is 1360. The van der Waals surface area contributed by atoms with Gasteiger partial charge in [-0.05, 0) is 74.3 Å². The number of carbonyl (C=O) groups excluding carboxylic acids is 4. The fourth-order valence-electron chi connectivity index (χ4n) is 5.67. The van der Waals surface area contributed by atoms with Gasteiger partial charge in [0.25, 0.3) is 5.91 Å². The van der Waals surface area contributed by atoms with Gasteiger partial charge in [0.05, 0.1) is 0 Å². The molecule has 0 bridgehead atoms. The summed E-state index contributed by atoms with van der Waals surface area (Å²) in [5, 5.41) is 16.4. The van der Waals surface area contributed by atoms with Gasteiger partial charge in [-0.1, -0.05) is 36.4 Å². The van der Waals surface area contributed by atoms with Gasteiger partial charge in [-0.2, -0.15) is 0 Å². The Balaban J connectivity index is 1.31. The number of benzene rings is 2. The number of urea groups is 1. The van der Waals surface area contributed by atoms with Crippen LogP contribution >= 0.6 is 0 Å². The Hall–Kier alpha value is -4.41. The number of rotatable bonds is 9. The minimum atomic E-state index is -1.30. The number of carboxylic acid groups (broad SMARTS) is 1. The van der Waals surface area contributed by atoms with Gasteiger partial charge < -0.3 is 26.0 Å². The van der Waals surface area contributed by atoms with E-state index in [-0.39, 0.29) is 18.5 Å². The first-order chi connectivity index (χ1) is 19.1. The van der Waals surface area contributed by atoms with Gasteiger partial charge in [-0.3, -0.25) is 19.3 Å². The topological polar surface area (TPSA) is 148 Å². The van der Waals surface area contributed by atoms with Crippen molar-refractivity contribution in [2.75, 3.05) is 11.9 Å². The van der Waals surface area contributed by atoms with Crippen molar-refractivity contribution >= 4 is 35.5 Å². The van der Waals surface area contributed by atoms with Crippen LogP contribution < -0.4 is 16.0 Å². The van der Waals surface area contributed by atoms with E-state index in [0.717, 1.165) is 28.9 Å². The highest BCUT2D eigenvalue weighted by atomic mass is 16.4. The second-order valence-electron chi connectivity index (χ2n) is 10.8. The van der Waals surface area contributed by atoms with E-state index in [1.165, 1.54) is 6.92 Å². The van der Waals surface area contributed by atoms with Gasteiger partial charge in [-0.15, -0.1) is 0 Å². The molecule has 1 unspecified atom stereocenters. The molecular formula is C29H33N5O6. The lowest BCUT2D eigenvalue weighted by Gasteiger charge is -2.31. The Morgan fingerprint density at radius 3 is 2.52 bits per heavy atom. The van der Waals surface area contributed by atoms with Crippen LogP contribution in [0.1, 0.15) is 49.8 Å². The molecule has 1 aliphatic heterocycles. The molecule has 3 aliphatic rings. The summed E-state index contributed by atoms with van der Waals surface area (Å²) in [7, 11) is 0. The molecule has 0 aromatic heterocycles. The van der Waals surface area contributed by atoms with E-state index in [2.05, 4.69) is 16.0 Å². The van der Waals surface area contributed by atoms with Crippen LogP contribution in [-0.2, 0) is 32.9 Å². The molecule has 2 fully saturated rings. The maximum atomic E-state index is 13.7. The van der Waals surface area contributed by atoms with Crippen molar-refractivity contribution in [1.29, 1.82) is 0 Å². The van der Waals surface area contributed by atoms with E-state index in [1.807, 2.05) is 37.3 Å². The third kappa shape index (κ3) is 5.23. The first kappa shape index (κ1) is 27.2. The summed E-state index contributed by atoms with van der Waals surface area (Å²) in [4.78, 5) is 66.3. The van der Waals surface area contributed by atoms with Crippen molar-refractivity contribution in [2.24, 2.45) is 5.92 Å². The SMILES string of the molecule is C[C@@H](NC(=O)O)C(=O)Nc1ccc2c(c1)CCC21NC(=O)N(CC(=O)N(Cc2ccccc2)[C@@H](C)C2CC2)C1=O. The predicted molar refractivity (Wildman–Crippen MR) is 145 cm³/mol. The van der Waals surface area contributed by atoms with Crippen LogP contribution in [0.25, 0.3) is 0 Å². The number of fused-ring (bicyclic) bond motifs is 2. The molecular weight excluding hydrogens is 514 g/mol. The van der Waals surface area contributed by atoms with Crippen molar-refractivity contribution in [3.63, 3.8) is 0 Å². The number of anilines is 1. The van der Waals surface area contributed by atoms with Crippen molar-refractivity contribution < 1.29 is 29.1 Å². The first-order valence-corrected chi connectivity index (χ1v) is 13.5. The summed E-state index contributed by atoms with van der Waals surface area (Å²) >= 11 is 0. The van der Waals surface area contributed by atoms with E-state index < -0.39 is 35.5 Å². The average molecular weight is 548 g/mol. The van der Waals surface area contributed by atoms with E-state index >= 15 is 0 Å². The normalized spacial score (nSPS) is 21.0. The van der Waals surface area contributed by atoms with Gasteiger partial charge in [0.15, 0.2) is 0 Å². The molecule has 6 amide bonds. The number of amides is 6. The molecule has 4 N–H and O–H groups in total. The Morgan fingerprint density at radius 2 is 1.85 bits per heavy atom. The van der Waals surface area contributed by atoms with Gasteiger partial charge in [0.1, 0.15) is 18.1 Å². The van der Waals surface area contributed by atoms with Crippen molar-refractivity contribution in [1.82, 2.24) is 20.4 Å². The summed E-state index contributed by atoms with van der Waals surface area (Å²) in [5.41, 5.74) is 1.58. The summed E-state index contributed by atoms with van der Waals surface area (Å²) in [6.45, 7) is 3.52. The number of nitrogens with zero attached hydrogens (tertiary/aromatic N) is 2. The van der Waals surface area contributed by atoms with Crippen LogP contribution in [-0.4, -0.2) is 63.4 Å². The van der Waals surface area contributed by atoms with Crippen LogP contribution in [0.2, 0.25) is 0 Å². The quantitative estimate of drug-likeness (QED) is 0.355. The molecule has 0 radical (unpaired) electrons. The van der Waals surface area contributed by atoms with Gasteiger partial charge >= 0.3 is 12.1 Å². The largest absolute Gasteiger partial charge is 0.465 e. The summed E-state index contributed by atoms with van der Waals surface area (Å²) in [6, 6.07) is 13.1. The zero-order valence-electron chi connectivity index (χ0n) is 22.5. The zero-order chi connectivity index (χ0) is 28.6. The lowest BCUT2D eigenvalue weighted by atomic mass is 9.91. The number of aryl methyl sites for hydroxylation is 1. The first-order valence-electron chi connectivity index (χ1n) is 13.5. The van der Waals surface area contributed by atoms with Crippen molar-refractivity contribution in [2.45, 2.75) is 63.7 Å². The third-order valence-electron chi connectivity index (χ3n) is 8.12. The minimum absolute atomic E-state index is 0.00307. The van der Waals surface area contributed by atoms with Crippen LogP contribution in [0.5, 0.6) is 0 Å². The molecule has 2 aromatic rings. The molecule has 2 aliphatic carbocycles. The fourth-order valence-corrected chi connectivity index (χ4v) is 5.67. The highest BCUT2D eigenvalue weighted by Crippen LogP contribution is 2.42. The Kier molecular flexibility index (Phi) is 7.22. The van der Waals surface area contributed by atoms with Crippen LogP contribution in [0, 0.1) is 5.92 Å². The molecule has 2 aromatic carbocycles. The summed E-state index contributed by atoms with van der Waals surface area (Å²) < 4.78 is 0. The number of hydrogen-bond donors (Lipinski definition) is 4. The van der Waals surface area contributed by atoms with Gasteiger partial charge in [-0.25, -0.2) is 9.59 Å². The van der Waals surface area contributed by atoms with Crippen LogP contribution in [0.15, 0.2) is 48.5 Å². The molecule has 1 spiro atoms. The van der Waals surface area contributed by atoms with E-state index in [9.17, 15) is 24.0 Å². The van der Waals surface area contributed by atoms with Gasteiger partial charge in [0.2, 0.25) is 11.8 Å². The third-order valence-corrected chi connectivity index (χ3v) is 8.12. The summed E-state index contributed by atoms with van der Waals surface area (Å²) in [6.07, 6.45) is 1.62. The van der Waals surface area contributed by atoms with E-state index in [4.69, 9.17) is 5.11 Å². The maximum Gasteiger partial charge on any atom is 0.405 e. The second kappa shape index (κ2) is 10.6. The van der Waals surface area contributed by atoms with Crippen molar-refractivity contribution in [3.05, 3.63) is 65.2 Å². The molecule has 40 heavy (non-hydrogen) atoms. The van der Waals surface area contributed by atoms with Crippen LogP contribution in [0.4, 0.5) is 15.3 Å². The minimum Gasteiger partial charge on any atom is -0.465 e. The molecule has 1 heterocycles. The fraction of sp³-hybridized carbons (Fsp3) is 0.414. The van der Waals surface area contributed by atoms with Crippen molar-refractivity contribution in [3.8, 4) is 0 Å². The second-order valence-corrected chi connectivity index (χ2v) is 10.8. The lowest BCUT2D eigenvalue weighted by molar-refractivity contribution is -0.141. The molecule has 1 saturated carbocycles.